The molecule has 36 heavy (non-hydrogen) atoms. The molecule has 6 rings (SSSR count). The zero-order chi connectivity index (χ0) is 24.9. The molecule has 0 bridgehead atoms. The molecule has 0 radical (unpaired) electrons. The van der Waals surface area contributed by atoms with E-state index in [2.05, 4.69) is 19.6 Å². The van der Waals surface area contributed by atoms with Gasteiger partial charge in [0.05, 0.1) is 56.9 Å². The van der Waals surface area contributed by atoms with Crippen LogP contribution in [0.25, 0.3) is 10.9 Å². The highest BCUT2D eigenvalue weighted by atomic mass is 32.2. The Morgan fingerprint density at radius 3 is 2.89 bits per heavy atom. The van der Waals surface area contributed by atoms with Crippen molar-refractivity contribution in [2.75, 3.05) is 37.1 Å². The van der Waals surface area contributed by atoms with Crippen LogP contribution in [-0.2, 0) is 23.9 Å². The molecular formula is C25H27FN4O5S. The summed E-state index contributed by atoms with van der Waals surface area (Å²) in [5, 5.41) is 4.08. The van der Waals surface area contributed by atoms with Crippen LogP contribution in [0.15, 0.2) is 41.0 Å². The first-order valence-corrected chi connectivity index (χ1v) is 13.7. The van der Waals surface area contributed by atoms with E-state index in [9.17, 15) is 8.60 Å². The Bertz CT molecular complexity index is 1430. The predicted molar refractivity (Wildman–Crippen MR) is 133 cm³/mol. The topological polar surface area (TPSA) is 104 Å². The highest BCUT2D eigenvalue weighted by molar-refractivity contribution is 7.95. The van der Waals surface area contributed by atoms with E-state index in [1.807, 2.05) is 13.0 Å². The molecule has 3 aliphatic rings. The van der Waals surface area contributed by atoms with Crippen molar-refractivity contribution in [1.82, 2.24) is 9.97 Å². The predicted octanol–water partition coefficient (Wildman–Crippen LogP) is 3.88. The van der Waals surface area contributed by atoms with Crippen molar-refractivity contribution < 1.29 is 27.5 Å². The number of halogens is 1. The molecular weight excluding hydrogens is 487 g/mol. The summed E-state index contributed by atoms with van der Waals surface area (Å²) in [7, 11) is -0.688. The summed E-state index contributed by atoms with van der Waals surface area (Å²) in [6.45, 7) is 2.95. The fourth-order valence-electron chi connectivity index (χ4n) is 4.97. The van der Waals surface area contributed by atoms with Crippen LogP contribution in [0.2, 0.25) is 0 Å². The molecule has 11 heteroatoms. The SMILES string of the molecule is COC1CS(=O)(=Nc2cc(C)c3c(Nc4ccc(F)cc4O[C@@H]4CO[C@@H]5CCO[C@@H]54)ncnc3c2)C1. The van der Waals surface area contributed by atoms with Crippen LogP contribution < -0.4 is 10.1 Å². The van der Waals surface area contributed by atoms with Crippen LogP contribution in [-0.4, -0.2) is 70.4 Å². The number of fused-ring (bicyclic) bond motifs is 2. The van der Waals surface area contributed by atoms with Gasteiger partial charge in [-0.3, -0.25) is 0 Å². The monoisotopic (exact) mass is 514 g/mol. The lowest BCUT2D eigenvalue weighted by Crippen LogP contribution is -2.42. The van der Waals surface area contributed by atoms with Gasteiger partial charge >= 0.3 is 0 Å². The number of ether oxygens (including phenoxy) is 4. The van der Waals surface area contributed by atoms with E-state index in [-0.39, 0.29) is 24.4 Å². The molecule has 1 N–H and O–H groups in total. The average molecular weight is 515 g/mol. The summed E-state index contributed by atoms with van der Waals surface area (Å²) in [4.78, 5) is 8.85. The Labute approximate surface area is 208 Å². The minimum absolute atomic E-state index is 0.00466. The molecule has 0 amide bonds. The second-order valence-corrected chi connectivity index (χ2v) is 11.7. The van der Waals surface area contributed by atoms with Crippen molar-refractivity contribution in [2.24, 2.45) is 4.36 Å². The number of hydrogen-bond donors (Lipinski definition) is 1. The molecule has 3 aliphatic heterocycles. The third-order valence-electron chi connectivity index (χ3n) is 6.81. The Kier molecular flexibility index (Phi) is 6.03. The number of aryl methyl sites for hydroxylation is 1. The first kappa shape index (κ1) is 23.5. The van der Waals surface area contributed by atoms with Gasteiger partial charge in [0, 0.05) is 25.2 Å². The van der Waals surface area contributed by atoms with E-state index < -0.39 is 15.5 Å². The summed E-state index contributed by atoms with van der Waals surface area (Å²) >= 11 is 0. The summed E-state index contributed by atoms with van der Waals surface area (Å²) < 4.78 is 54.5. The van der Waals surface area contributed by atoms with Crippen LogP contribution in [0.1, 0.15) is 12.0 Å². The first-order chi connectivity index (χ1) is 17.4. The maximum atomic E-state index is 14.2. The summed E-state index contributed by atoms with van der Waals surface area (Å²) in [6, 6.07) is 8.01. The van der Waals surface area contributed by atoms with Crippen molar-refractivity contribution >= 4 is 37.8 Å². The van der Waals surface area contributed by atoms with Crippen LogP contribution in [0.5, 0.6) is 5.75 Å². The average Bonchev–Trinajstić information content (AvgIpc) is 3.44. The van der Waals surface area contributed by atoms with Gasteiger partial charge in [0.25, 0.3) is 0 Å². The van der Waals surface area contributed by atoms with Gasteiger partial charge in [-0.05, 0) is 43.2 Å². The molecule has 0 saturated carbocycles. The number of rotatable bonds is 6. The highest BCUT2D eigenvalue weighted by Crippen LogP contribution is 2.36. The molecule has 1 aromatic heterocycles. The second-order valence-electron chi connectivity index (χ2n) is 9.35. The van der Waals surface area contributed by atoms with Crippen LogP contribution in [0, 0.1) is 12.7 Å². The van der Waals surface area contributed by atoms with Crippen LogP contribution in [0.4, 0.5) is 21.6 Å². The summed E-state index contributed by atoms with van der Waals surface area (Å²) in [5.74, 6) is 1.36. The van der Waals surface area contributed by atoms with E-state index in [4.69, 9.17) is 18.9 Å². The number of nitrogens with one attached hydrogen (secondary N) is 1. The zero-order valence-corrected chi connectivity index (χ0v) is 20.8. The van der Waals surface area contributed by atoms with E-state index in [0.717, 1.165) is 17.4 Å². The summed E-state index contributed by atoms with van der Waals surface area (Å²) in [6.07, 6.45) is 1.81. The van der Waals surface area contributed by atoms with Gasteiger partial charge in [0.1, 0.15) is 29.8 Å². The lowest BCUT2D eigenvalue weighted by Gasteiger charge is -2.28. The number of hydrogen-bond acceptors (Lipinski definition) is 9. The maximum absolute atomic E-state index is 14.2. The van der Waals surface area contributed by atoms with Gasteiger partial charge in [-0.15, -0.1) is 0 Å². The number of anilines is 2. The van der Waals surface area contributed by atoms with E-state index in [1.165, 1.54) is 18.5 Å². The Balaban J connectivity index is 1.30. The number of nitrogens with zero attached hydrogens (tertiary/aromatic N) is 3. The van der Waals surface area contributed by atoms with Crippen molar-refractivity contribution in [3.63, 3.8) is 0 Å². The highest BCUT2D eigenvalue weighted by Gasteiger charge is 2.43. The van der Waals surface area contributed by atoms with E-state index >= 15 is 0 Å². The number of aromatic nitrogens is 2. The van der Waals surface area contributed by atoms with E-state index in [1.54, 1.807) is 19.2 Å². The Morgan fingerprint density at radius 2 is 2.06 bits per heavy atom. The van der Waals surface area contributed by atoms with Crippen molar-refractivity contribution in [1.29, 1.82) is 0 Å². The standard InChI is InChI=1S/C25H27FN4O5S/c1-14-7-16(30-36(31)11-17(12-36)32-2)9-19-23(14)25(28-13-27-19)29-18-4-3-15(26)8-21(18)35-22-10-34-20-5-6-33-24(20)22/h3-4,7-9,13,17,20,22,24H,5-6,10-12H2,1-2H3,(H,27,28,29)/t17?,20-,22-,24+,36?/m1/s1. The second kappa shape index (κ2) is 9.22. The molecule has 0 unspecified atom stereocenters. The zero-order valence-electron chi connectivity index (χ0n) is 20.0. The minimum atomic E-state index is -2.31. The largest absolute Gasteiger partial charge is 0.483 e. The smallest absolute Gasteiger partial charge is 0.151 e. The molecule has 0 aliphatic carbocycles. The molecule has 0 spiro atoms. The van der Waals surface area contributed by atoms with E-state index in [0.29, 0.717) is 53.2 Å². The molecule has 190 valence electrons. The molecule has 3 saturated heterocycles. The first-order valence-electron chi connectivity index (χ1n) is 11.9. The third-order valence-corrected chi connectivity index (χ3v) is 9.14. The molecule has 2 aromatic carbocycles. The lowest BCUT2D eigenvalue weighted by atomic mass is 10.1. The molecule has 3 aromatic rings. The van der Waals surface area contributed by atoms with Gasteiger partial charge in [0.15, 0.2) is 6.10 Å². The lowest BCUT2D eigenvalue weighted by molar-refractivity contribution is 0.0310. The number of benzene rings is 2. The van der Waals surface area contributed by atoms with Gasteiger partial charge in [0.2, 0.25) is 0 Å². The molecule has 3 atom stereocenters. The van der Waals surface area contributed by atoms with Gasteiger partial charge in [-0.25, -0.2) is 18.6 Å². The quantitative estimate of drug-likeness (QED) is 0.529. The number of methoxy groups -OCH3 is 1. The molecule has 9 nitrogen and oxygen atoms in total. The van der Waals surface area contributed by atoms with Gasteiger partial charge in [-0.2, -0.15) is 4.36 Å². The van der Waals surface area contributed by atoms with Gasteiger partial charge in [-0.1, -0.05) is 0 Å². The maximum Gasteiger partial charge on any atom is 0.151 e. The fraction of sp³-hybridized carbons (Fsp3) is 0.440. The van der Waals surface area contributed by atoms with Crippen molar-refractivity contribution in [3.8, 4) is 5.75 Å². The van der Waals surface area contributed by atoms with Crippen molar-refractivity contribution in [3.05, 3.63) is 48.0 Å². The molecule has 4 heterocycles. The minimum Gasteiger partial charge on any atom is -0.483 e. The summed E-state index contributed by atoms with van der Waals surface area (Å²) in [5.41, 5.74) is 2.71. The van der Waals surface area contributed by atoms with Gasteiger partial charge < -0.3 is 24.3 Å². The fourth-order valence-corrected chi connectivity index (χ4v) is 6.95. The van der Waals surface area contributed by atoms with Crippen molar-refractivity contribution in [2.45, 2.75) is 37.8 Å². The normalized spacial score (nSPS) is 29.1. The van der Waals surface area contributed by atoms with Crippen LogP contribution in [0.3, 0.4) is 0 Å². The third kappa shape index (κ3) is 4.40. The van der Waals surface area contributed by atoms with Crippen LogP contribution >= 0.6 is 0 Å². The Hall–Kier alpha value is -2.86. The molecule has 3 fully saturated rings. The Morgan fingerprint density at radius 1 is 1.19 bits per heavy atom.